The van der Waals surface area contributed by atoms with Crippen molar-refractivity contribution in [3.63, 3.8) is 0 Å². The molecule has 166 valence electrons. The fraction of sp³-hybridized carbons (Fsp3) is 0.960. The van der Waals surface area contributed by atoms with E-state index in [-0.39, 0.29) is 23.6 Å². The van der Waals surface area contributed by atoms with E-state index in [1.54, 1.807) is 0 Å². The van der Waals surface area contributed by atoms with Crippen LogP contribution in [0.1, 0.15) is 85.0 Å². The molecule has 4 saturated carbocycles. The number of hydrogen-bond donors (Lipinski definition) is 2. The summed E-state index contributed by atoms with van der Waals surface area (Å²) in [6.45, 7) is 7.12. The fourth-order valence-electron chi connectivity index (χ4n) is 8.81. The van der Waals surface area contributed by atoms with Crippen LogP contribution in [0, 0.1) is 46.3 Å². The normalized spacial score (nSPS) is 50.2. The highest BCUT2D eigenvalue weighted by molar-refractivity contribution is 5.69. The van der Waals surface area contributed by atoms with Crippen LogP contribution in [0.2, 0.25) is 0 Å². The van der Waals surface area contributed by atoms with Gasteiger partial charge in [0, 0.05) is 6.42 Å². The number of aliphatic hydroxyl groups excluding tert-OH is 2. The Balaban J connectivity index is 1.53. The van der Waals surface area contributed by atoms with E-state index in [4.69, 9.17) is 4.74 Å². The van der Waals surface area contributed by atoms with Crippen molar-refractivity contribution in [1.82, 2.24) is 0 Å². The molecule has 0 aromatic rings. The van der Waals surface area contributed by atoms with Crippen LogP contribution in [0.25, 0.3) is 0 Å². The SMILES string of the molecule is COC(=O)CC[C@@H](C)[C@H]1CC[C@@H]2[C@@H]3CC[C@H]4C[C@H](O)CC[C@@]4(C)[C@@H]3C[C@H](O)[C@@]21C. The van der Waals surface area contributed by atoms with Gasteiger partial charge in [-0.3, -0.25) is 4.79 Å². The lowest BCUT2D eigenvalue weighted by molar-refractivity contribution is -0.175. The summed E-state index contributed by atoms with van der Waals surface area (Å²) in [7, 11) is 1.46. The fourth-order valence-corrected chi connectivity index (χ4v) is 8.81. The standard InChI is InChI=1S/C25H42O4/c1-15(5-10-23(28)29-4)19-8-9-20-18-7-6-16-13-17(26)11-12-24(16,2)21(18)14-22(27)25(19,20)3/h15-22,26-27H,5-14H2,1-4H3/t15-,16+,17-,18+,19-,20-,21-,22+,24-,25-/m1/s1. The van der Waals surface area contributed by atoms with E-state index in [0.717, 1.165) is 38.0 Å². The van der Waals surface area contributed by atoms with Gasteiger partial charge in [-0.25, -0.2) is 0 Å². The molecular formula is C25H42O4. The predicted molar refractivity (Wildman–Crippen MR) is 113 cm³/mol. The van der Waals surface area contributed by atoms with Crippen LogP contribution in [-0.2, 0) is 9.53 Å². The molecule has 4 heteroatoms. The number of methoxy groups -OCH3 is 1. The Labute approximate surface area is 176 Å². The first-order chi connectivity index (χ1) is 13.7. The molecule has 0 aliphatic heterocycles. The third-order valence-electron chi connectivity index (χ3n) is 10.5. The van der Waals surface area contributed by atoms with Crippen molar-refractivity contribution in [3.8, 4) is 0 Å². The topological polar surface area (TPSA) is 66.8 Å². The van der Waals surface area contributed by atoms with Gasteiger partial charge in [0.1, 0.15) is 0 Å². The Morgan fingerprint density at radius 1 is 1.07 bits per heavy atom. The van der Waals surface area contributed by atoms with Gasteiger partial charge in [-0.1, -0.05) is 20.8 Å². The molecule has 4 fully saturated rings. The Bertz CT molecular complexity index is 620. The summed E-state index contributed by atoms with van der Waals surface area (Å²) in [6.07, 6.45) is 9.86. The number of aliphatic hydroxyl groups is 2. The molecule has 2 N–H and O–H groups in total. The number of esters is 1. The van der Waals surface area contributed by atoms with Gasteiger partial charge < -0.3 is 14.9 Å². The van der Waals surface area contributed by atoms with Crippen molar-refractivity contribution >= 4 is 5.97 Å². The number of ether oxygens (including phenoxy) is 1. The Kier molecular flexibility index (Phi) is 5.83. The molecule has 0 amide bonds. The van der Waals surface area contributed by atoms with Gasteiger partial charge in [0.25, 0.3) is 0 Å². The second-order valence-electron chi connectivity index (χ2n) is 11.5. The van der Waals surface area contributed by atoms with Crippen LogP contribution < -0.4 is 0 Å². The van der Waals surface area contributed by atoms with Crippen molar-refractivity contribution in [1.29, 1.82) is 0 Å². The molecule has 4 rings (SSSR count). The van der Waals surface area contributed by atoms with Gasteiger partial charge in [-0.05, 0) is 104 Å². The van der Waals surface area contributed by atoms with Crippen LogP contribution in [0.5, 0.6) is 0 Å². The summed E-state index contributed by atoms with van der Waals surface area (Å²) in [4.78, 5) is 11.6. The van der Waals surface area contributed by atoms with Crippen LogP contribution in [0.4, 0.5) is 0 Å². The molecule has 0 aromatic heterocycles. The van der Waals surface area contributed by atoms with Gasteiger partial charge in [0.2, 0.25) is 0 Å². The Morgan fingerprint density at radius 2 is 1.83 bits per heavy atom. The monoisotopic (exact) mass is 406 g/mol. The molecule has 29 heavy (non-hydrogen) atoms. The minimum atomic E-state index is -0.246. The van der Waals surface area contributed by atoms with Gasteiger partial charge in [-0.15, -0.1) is 0 Å². The van der Waals surface area contributed by atoms with E-state index in [1.807, 2.05) is 0 Å². The summed E-state index contributed by atoms with van der Waals surface area (Å²) in [6, 6.07) is 0. The van der Waals surface area contributed by atoms with Gasteiger partial charge in [0.05, 0.1) is 19.3 Å². The van der Waals surface area contributed by atoms with E-state index in [1.165, 1.54) is 32.8 Å². The zero-order valence-electron chi connectivity index (χ0n) is 18.9. The maximum absolute atomic E-state index is 11.6. The van der Waals surface area contributed by atoms with E-state index >= 15 is 0 Å². The second-order valence-corrected chi connectivity index (χ2v) is 11.5. The number of fused-ring (bicyclic) bond motifs is 5. The maximum Gasteiger partial charge on any atom is 0.305 e. The van der Waals surface area contributed by atoms with Crippen molar-refractivity contribution in [2.45, 2.75) is 97.2 Å². The third-order valence-corrected chi connectivity index (χ3v) is 10.5. The average molecular weight is 407 g/mol. The van der Waals surface area contributed by atoms with E-state index in [2.05, 4.69) is 20.8 Å². The van der Waals surface area contributed by atoms with Crippen molar-refractivity contribution in [3.05, 3.63) is 0 Å². The summed E-state index contributed by atoms with van der Waals surface area (Å²) in [5, 5.41) is 21.8. The highest BCUT2D eigenvalue weighted by Gasteiger charge is 2.63. The second kappa shape index (κ2) is 7.82. The number of carbonyl (C=O) groups is 1. The Morgan fingerprint density at radius 3 is 2.55 bits per heavy atom. The molecule has 4 aliphatic rings. The molecule has 10 atom stereocenters. The highest BCUT2D eigenvalue weighted by atomic mass is 16.5. The summed E-state index contributed by atoms with van der Waals surface area (Å²) in [5.74, 6) is 3.36. The Hall–Kier alpha value is -0.610. The first-order valence-corrected chi connectivity index (χ1v) is 12.1. The first kappa shape index (κ1) is 21.6. The van der Waals surface area contributed by atoms with E-state index in [0.29, 0.717) is 41.4 Å². The largest absolute Gasteiger partial charge is 0.469 e. The molecule has 0 aromatic carbocycles. The lowest BCUT2D eigenvalue weighted by Gasteiger charge is -2.62. The molecule has 0 saturated heterocycles. The molecule has 0 spiro atoms. The van der Waals surface area contributed by atoms with Gasteiger partial charge in [0.15, 0.2) is 0 Å². The van der Waals surface area contributed by atoms with Crippen LogP contribution in [0.3, 0.4) is 0 Å². The third kappa shape index (κ3) is 3.37. The lowest BCUT2D eigenvalue weighted by Crippen LogP contribution is -2.58. The van der Waals surface area contributed by atoms with Crippen molar-refractivity contribution in [2.75, 3.05) is 7.11 Å². The molecule has 0 unspecified atom stereocenters. The lowest BCUT2D eigenvalue weighted by atomic mass is 9.43. The minimum Gasteiger partial charge on any atom is -0.469 e. The summed E-state index contributed by atoms with van der Waals surface area (Å²) in [5.41, 5.74) is 0.271. The molecule has 0 heterocycles. The van der Waals surface area contributed by atoms with Crippen LogP contribution in [-0.4, -0.2) is 35.5 Å². The molecular weight excluding hydrogens is 364 g/mol. The number of hydrogen-bond acceptors (Lipinski definition) is 4. The molecule has 0 bridgehead atoms. The smallest absolute Gasteiger partial charge is 0.305 e. The average Bonchev–Trinajstić information content (AvgIpc) is 3.06. The molecule has 4 aliphatic carbocycles. The van der Waals surface area contributed by atoms with Crippen molar-refractivity contribution < 1.29 is 19.7 Å². The minimum absolute atomic E-state index is 0.0198. The van der Waals surface area contributed by atoms with Gasteiger partial charge in [-0.2, -0.15) is 0 Å². The van der Waals surface area contributed by atoms with E-state index in [9.17, 15) is 15.0 Å². The zero-order chi connectivity index (χ0) is 21.0. The van der Waals surface area contributed by atoms with Crippen LogP contribution >= 0.6 is 0 Å². The first-order valence-electron chi connectivity index (χ1n) is 12.1. The van der Waals surface area contributed by atoms with Gasteiger partial charge >= 0.3 is 5.97 Å². The molecule has 0 radical (unpaired) electrons. The molecule has 4 nitrogen and oxygen atoms in total. The number of rotatable bonds is 4. The van der Waals surface area contributed by atoms with Crippen molar-refractivity contribution in [2.24, 2.45) is 46.3 Å². The summed E-state index contributed by atoms with van der Waals surface area (Å²) < 4.78 is 4.85. The zero-order valence-corrected chi connectivity index (χ0v) is 18.9. The van der Waals surface area contributed by atoms with E-state index < -0.39 is 0 Å². The predicted octanol–water partition coefficient (Wildman–Crippen LogP) is 4.57. The highest BCUT2D eigenvalue weighted by Crippen LogP contribution is 2.68. The maximum atomic E-state index is 11.6. The summed E-state index contributed by atoms with van der Waals surface area (Å²) >= 11 is 0. The quantitative estimate of drug-likeness (QED) is 0.671. The number of carbonyl (C=O) groups excluding carboxylic acids is 1. The van der Waals surface area contributed by atoms with Crippen LogP contribution in [0.15, 0.2) is 0 Å².